The fourth-order valence-corrected chi connectivity index (χ4v) is 4.30. The Morgan fingerprint density at radius 1 is 1.03 bits per heavy atom. The molecular formula is C29H55NO5. The standard InChI is InChI=1S/C29H55NO5/c1-6-7-8-9-10-11-12-13-14-15-16-17-20-24(2)27(31)25(30-28(32)35-29(3,4)5)23-34-26-21-18-19-22-33-26/h20,25-27,31H,6-19,21-23H2,1-5H3,(H,30,32)/b24-20-/t25-,26?,27+/m1/s1. The molecule has 6 nitrogen and oxygen atoms in total. The van der Waals surface area contributed by atoms with E-state index in [4.69, 9.17) is 14.2 Å². The molecule has 0 aliphatic carbocycles. The molecule has 0 saturated carbocycles. The van der Waals surface area contributed by atoms with E-state index >= 15 is 0 Å². The van der Waals surface area contributed by atoms with Gasteiger partial charge in [0, 0.05) is 6.61 Å². The summed E-state index contributed by atoms with van der Waals surface area (Å²) >= 11 is 0. The lowest BCUT2D eigenvalue weighted by Crippen LogP contribution is -2.49. The predicted molar refractivity (Wildman–Crippen MR) is 144 cm³/mol. The number of aliphatic hydroxyl groups excluding tert-OH is 1. The van der Waals surface area contributed by atoms with Crippen molar-refractivity contribution in [1.82, 2.24) is 5.32 Å². The molecule has 6 heteroatoms. The van der Waals surface area contributed by atoms with E-state index in [-0.39, 0.29) is 12.9 Å². The van der Waals surface area contributed by atoms with Crippen molar-refractivity contribution in [2.45, 2.75) is 155 Å². The number of carbonyl (C=O) groups is 1. The molecule has 1 unspecified atom stereocenters. The van der Waals surface area contributed by atoms with Crippen molar-refractivity contribution < 1.29 is 24.1 Å². The van der Waals surface area contributed by atoms with Crippen LogP contribution in [0.4, 0.5) is 4.79 Å². The molecule has 3 atom stereocenters. The van der Waals surface area contributed by atoms with Gasteiger partial charge in [-0.3, -0.25) is 0 Å². The Kier molecular flexibility index (Phi) is 17.4. The number of carbonyl (C=O) groups excluding carboxylic acids is 1. The van der Waals surface area contributed by atoms with E-state index in [0.717, 1.165) is 37.7 Å². The Hall–Kier alpha value is -1.11. The van der Waals surface area contributed by atoms with Gasteiger partial charge in [0.15, 0.2) is 6.29 Å². The quantitative estimate of drug-likeness (QED) is 0.152. The topological polar surface area (TPSA) is 77.0 Å². The zero-order chi connectivity index (χ0) is 25.9. The SMILES string of the molecule is CCCCCCCCCCCCC/C=C(/C)[C@H](O)[C@@H](COC1CCCCO1)NC(=O)OC(C)(C)C. The van der Waals surface area contributed by atoms with Crippen LogP contribution in [0.1, 0.15) is 131 Å². The second kappa shape index (κ2) is 19.1. The van der Waals surface area contributed by atoms with Crippen LogP contribution in [-0.2, 0) is 14.2 Å². The van der Waals surface area contributed by atoms with Crippen molar-refractivity contribution in [2.24, 2.45) is 0 Å². The average molecular weight is 498 g/mol. The minimum absolute atomic E-state index is 0.175. The van der Waals surface area contributed by atoms with E-state index < -0.39 is 23.8 Å². The van der Waals surface area contributed by atoms with Crippen LogP contribution in [0.15, 0.2) is 11.6 Å². The van der Waals surface area contributed by atoms with Crippen LogP contribution >= 0.6 is 0 Å². The molecule has 1 aliphatic heterocycles. The van der Waals surface area contributed by atoms with E-state index in [1.807, 2.05) is 27.7 Å². The van der Waals surface area contributed by atoms with Crippen LogP contribution in [0.3, 0.4) is 0 Å². The lowest BCUT2D eigenvalue weighted by Gasteiger charge is -2.29. The van der Waals surface area contributed by atoms with Crippen molar-refractivity contribution in [3.05, 3.63) is 11.6 Å². The van der Waals surface area contributed by atoms with Crippen LogP contribution in [0, 0.1) is 0 Å². The van der Waals surface area contributed by atoms with Crippen LogP contribution in [0.5, 0.6) is 0 Å². The van der Waals surface area contributed by atoms with Crippen LogP contribution in [0.25, 0.3) is 0 Å². The summed E-state index contributed by atoms with van der Waals surface area (Å²) in [7, 11) is 0. The number of nitrogens with one attached hydrogen (secondary N) is 1. The summed E-state index contributed by atoms with van der Waals surface area (Å²) < 4.78 is 16.9. The lowest BCUT2D eigenvalue weighted by atomic mass is 10.0. The molecule has 1 amide bonds. The highest BCUT2D eigenvalue weighted by Crippen LogP contribution is 2.17. The number of hydrogen-bond donors (Lipinski definition) is 2. The fraction of sp³-hybridized carbons (Fsp3) is 0.897. The van der Waals surface area contributed by atoms with Crippen molar-refractivity contribution in [2.75, 3.05) is 13.2 Å². The van der Waals surface area contributed by atoms with E-state index in [0.29, 0.717) is 6.61 Å². The maximum absolute atomic E-state index is 12.4. The third-order valence-corrected chi connectivity index (χ3v) is 6.42. The van der Waals surface area contributed by atoms with Gasteiger partial charge in [-0.2, -0.15) is 0 Å². The fourth-order valence-electron chi connectivity index (χ4n) is 4.30. The highest BCUT2D eigenvalue weighted by Gasteiger charge is 2.27. The van der Waals surface area contributed by atoms with Gasteiger partial charge in [0.1, 0.15) is 5.60 Å². The number of aliphatic hydroxyl groups is 1. The molecule has 206 valence electrons. The molecule has 0 aromatic rings. The summed E-state index contributed by atoms with van der Waals surface area (Å²) in [4.78, 5) is 12.4. The van der Waals surface area contributed by atoms with E-state index in [9.17, 15) is 9.90 Å². The summed E-state index contributed by atoms with van der Waals surface area (Å²) in [6, 6.07) is -0.594. The number of alkyl carbamates (subject to hydrolysis) is 1. The maximum Gasteiger partial charge on any atom is 0.408 e. The van der Waals surface area contributed by atoms with Gasteiger partial charge in [0.25, 0.3) is 0 Å². The zero-order valence-corrected chi connectivity index (χ0v) is 23.4. The summed E-state index contributed by atoms with van der Waals surface area (Å²) in [5.74, 6) is 0. The number of allylic oxidation sites excluding steroid dienone is 1. The summed E-state index contributed by atoms with van der Waals surface area (Å²) in [6.07, 6.45) is 18.8. The Morgan fingerprint density at radius 2 is 1.63 bits per heavy atom. The molecule has 2 N–H and O–H groups in total. The van der Waals surface area contributed by atoms with Crippen molar-refractivity contribution in [1.29, 1.82) is 0 Å². The predicted octanol–water partition coefficient (Wildman–Crippen LogP) is 7.43. The van der Waals surface area contributed by atoms with Crippen LogP contribution < -0.4 is 5.32 Å². The normalized spacial score (nSPS) is 18.8. The number of hydrogen-bond acceptors (Lipinski definition) is 5. The van der Waals surface area contributed by atoms with Gasteiger partial charge in [-0.15, -0.1) is 0 Å². The first-order valence-electron chi connectivity index (χ1n) is 14.3. The zero-order valence-electron chi connectivity index (χ0n) is 23.4. The van der Waals surface area contributed by atoms with Crippen molar-refractivity contribution in [3.8, 4) is 0 Å². The van der Waals surface area contributed by atoms with Gasteiger partial charge >= 0.3 is 6.09 Å². The van der Waals surface area contributed by atoms with Gasteiger partial charge in [-0.1, -0.05) is 77.2 Å². The molecule has 0 aromatic carbocycles. The van der Waals surface area contributed by atoms with Gasteiger partial charge in [-0.25, -0.2) is 4.79 Å². The van der Waals surface area contributed by atoms with Crippen molar-refractivity contribution in [3.63, 3.8) is 0 Å². The van der Waals surface area contributed by atoms with Gasteiger partial charge in [0.2, 0.25) is 0 Å². The smallest absolute Gasteiger partial charge is 0.408 e. The molecule has 0 radical (unpaired) electrons. The largest absolute Gasteiger partial charge is 0.444 e. The van der Waals surface area contributed by atoms with E-state index in [1.54, 1.807) is 0 Å². The Balaban J connectivity index is 2.38. The highest BCUT2D eigenvalue weighted by molar-refractivity contribution is 5.68. The van der Waals surface area contributed by atoms with Crippen LogP contribution in [-0.4, -0.2) is 48.5 Å². The number of amides is 1. The molecule has 1 heterocycles. The summed E-state index contributed by atoms with van der Waals surface area (Å²) in [5, 5.41) is 13.8. The summed E-state index contributed by atoms with van der Waals surface area (Å²) in [5.41, 5.74) is 0.249. The number of rotatable bonds is 18. The molecule has 1 aliphatic rings. The molecule has 0 spiro atoms. The first kappa shape index (κ1) is 31.9. The first-order valence-corrected chi connectivity index (χ1v) is 14.3. The van der Waals surface area contributed by atoms with Crippen molar-refractivity contribution >= 4 is 6.09 Å². The Morgan fingerprint density at radius 3 is 2.17 bits per heavy atom. The molecule has 0 bridgehead atoms. The minimum atomic E-state index is -0.834. The maximum atomic E-state index is 12.4. The lowest BCUT2D eigenvalue weighted by molar-refractivity contribution is -0.168. The second-order valence-electron chi connectivity index (χ2n) is 11.1. The van der Waals surface area contributed by atoms with E-state index in [2.05, 4.69) is 18.3 Å². The third-order valence-electron chi connectivity index (χ3n) is 6.42. The molecule has 1 rings (SSSR count). The second-order valence-corrected chi connectivity index (χ2v) is 11.1. The molecule has 35 heavy (non-hydrogen) atoms. The first-order chi connectivity index (χ1) is 16.7. The molecule has 0 aromatic heterocycles. The monoisotopic (exact) mass is 497 g/mol. The molecule has 1 saturated heterocycles. The molecular weight excluding hydrogens is 442 g/mol. The third kappa shape index (κ3) is 17.1. The van der Waals surface area contributed by atoms with Crippen LogP contribution in [0.2, 0.25) is 0 Å². The summed E-state index contributed by atoms with van der Waals surface area (Å²) in [6.45, 7) is 10.5. The number of unbranched alkanes of at least 4 members (excludes halogenated alkanes) is 11. The van der Waals surface area contributed by atoms with Gasteiger partial charge < -0.3 is 24.6 Å². The number of ether oxygens (including phenoxy) is 3. The Labute approximate surface area is 215 Å². The highest BCUT2D eigenvalue weighted by atomic mass is 16.7. The average Bonchev–Trinajstić information content (AvgIpc) is 2.81. The van der Waals surface area contributed by atoms with Gasteiger partial charge in [0.05, 0.1) is 18.8 Å². The van der Waals surface area contributed by atoms with E-state index in [1.165, 1.54) is 64.2 Å². The Bertz CT molecular complexity index is 566. The minimum Gasteiger partial charge on any atom is -0.444 e. The molecule has 1 fully saturated rings. The van der Waals surface area contributed by atoms with Gasteiger partial charge in [-0.05, 0) is 65.4 Å².